The molecule has 36 heavy (non-hydrogen) atoms. The lowest BCUT2D eigenvalue weighted by Gasteiger charge is -2.22. The molecule has 0 amide bonds. The molecule has 5 aromatic rings. The number of benzene rings is 3. The van der Waals surface area contributed by atoms with Crippen molar-refractivity contribution in [2.45, 2.75) is 40.0 Å². The number of nitrogens with one attached hydrogen (secondary N) is 1. The fourth-order valence-electron chi connectivity index (χ4n) is 4.51. The van der Waals surface area contributed by atoms with E-state index in [0.29, 0.717) is 37.6 Å². The van der Waals surface area contributed by atoms with Gasteiger partial charge in [0.2, 0.25) is 0 Å². The van der Waals surface area contributed by atoms with Gasteiger partial charge in [-0.3, -0.25) is 9.69 Å². The van der Waals surface area contributed by atoms with Gasteiger partial charge in [-0.2, -0.15) is 0 Å². The van der Waals surface area contributed by atoms with E-state index < -0.39 is 0 Å². The Morgan fingerprint density at radius 1 is 0.917 bits per heavy atom. The van der Waals surface area contributed by atoms with Crippen LogP contribution in [0.25, 0.3) is 10.9 Å². The van der Waals surface area contributed by atoms with Crippen molar-refractivity contribution in [3.05, 3.63) is 123 Å². The summed E-state index contributed by atoms with van der Waals surface area (Å²) >= 11 is 0. The Morgan fingerprint density at radius 2 is 1.69 bits per heavy atom. The molecule has 3 aromatic carbocycles. The monoisotopic (exact) mass is 482 g/mol. The Hall–Kier alpha value is -4.17. The van der Waals surface area contributed by atoms with Crippen LogP contribution in [0, 0.1) is 19.7 Å². The van der Waals surface area contributed by atoms with E-state index in [2.05, 4.69) is 50.5 Å². The van der Waals surface area contributed by atoms with Crippen LogP contribution in [0.3, 0.4) is 0 Å². The average molecular weight is 483 g/mol. The first-order valence-electron chi connectivity index (χ1n) is 11.8. The highest BCUT2D eigenvalue weighted by molar-refractivity contribution is 5.83. The van der Waals surface area contributed by atoms with E-state index in [1.165, 1.54) is 12.1 Å². The molecule has 0 saturated heterocycles. The summed E-state index contributed by atoms with van der Waals surface area (Å²) in [5.41, 5.74) is 5.69. The van der Waals surface area contributed by atoms with E-state index >= 15 is 0 Å². The number of aromatic nitrogens is 5. The summed E-state index contributed by atoms with van der Waals surface area (Å²) in [4.78, 5) is 18.2. The third kappa shape index (κ3) is 5.39. The van der Waals surface area contributed by atoms with Gasteiger partial charge in [-0.05, 0) is 70.8 Å². The number of tetrazole rings is 1. The smallest absolute Gasteiger partial charge is 0.252 e. The number of nitrogens with zero attached hydrogens (tertiary/aromatic N) is 5. The van der Waals surface area contributed by atoms with Gasteiger partial charge < -0.3 is 4.98 Å². The second-order valence-corrected chi connectivity index (χ2v) is 9.18. The highest BCUT2D eigenvalue weighted by Crippen LogP contribution is 2.20. The molecule has 0 radical (unpaired) electrons. The number of hydrogen-bond acceptors (Lipinski definition) is 5. The SMILES string of the molecule is Cc1cc(C)c2cc(CN(Cc3ccccc3)Cc3nnnn3Cc3ccc(F)cc3)c(=O)[nH]c2c1. The molecule has 0 aliphatic carbocycles. The molecule has 0 spiro atoms. The van der Waals surface area contributed by atoms with Gasteiger partial charge in [0.15, 0.2) is 5.82 Å². The molecule has 0 aliphatic heterocycles. The van der Waals surface area contributed by atoms with Crippen molar-refractivity contribution in [2.24, 2.45) is 0 Å². The molecule has 182 valence electrons. The van der Waals surface area contributed by atoms with E-state index in [1.54, 1.807) is 16.8 Å². The van der Waals surface area contributed by atoms with Gasteiger partial charge in [0, 0.05) is 29.6 Å². The van der Waals surface area contributed by atoms with E-state index in [0.717, 1.165) is 33.2 Å². The molecule has 0 aliphatic rings. The predicted molar refractivity (Wildman–Crippen MR) is 137 cm³/mol. The summed E-state index contributed by atoms with van der Waals surface area (Å²) in [5, 5.41) is 13.3. The molecule has 0 unspecified atom stereocenters. The number of fused-ring (bicyclic) bond motifs is 1. The molecule has 0 atom stereocenters. The number of aromatic amines is 1. The summed E-state index contributed by atoms with van der Waals surface area (Å²) in [6, 6.07) is 22.5. The maximum atomic E-state index is 13.3. The zero-order valence-electron chi connectivity index (χ0n) is 20.3. The Morgan fingerprint density at radius 3 is 2.47 bits per heavy atom. The Balaban J connectivity index is 1.45. The summed E-state index contributed by atoms with van der Waals surface area (Å²) in [6.45, 7) is 6.00. The van der Waals surface area contributed by atoms with Crippen LogP contribution in [0.4, 0.5) is 4.39 Å². The van der Waals surface area contributed by atoms with Gasteiger partial charge in [0.05, 0.1) is 13.1 Å². The second kappa shape index (κ2) is 10.2. The minimum Gasteiger partial charge on any atom is -0.322 e. The fraction of sp³-hybridized carbons (Fsp3) is 0.214. The topological polar surface area (TPSA) is 79.7 Å². The fourth-order valence-corrected chi connectivity index (χ4v) is 4.51. The molecule has 0 fully saturated rings. The van der Waals surface area contributed by atoms with Crippen LogP contribution >= 0.6 is 0 Å². The van der Waals surface area contributed by atoms with Gasteiger partial charge in [-0.1, -0.05) is 48.5 Å². The van der Waals surface area contributed by atoms with Crippen molar-refractivity contribution in [3.8, 4) is 0 Å². The normalized spacial score (nSPS) is 11.4. The zero-order chi connectivity index (χ0) is 25.1. The lowest BCUT2D eigenvalue weighted by atomic mass is 10.0. The van der Waals surface area contributed by atoms with Gasteiger partial charge >= 0.3 is 0 Å². The largest absolute Gasteiger partial charge is 0.322 e. The number of halogens is 1. The van der Waals surface area contributed by atoms with Gasteiger partial charge in [0.1, 0.15) is 5.82 Å². The van der Waals surface area contributed by atoms with Crippen molar-refractivity contribution in [1.82, 2.24) is 30.1 Å². The first-order chi connectivity index (χ1) is 17.4. The predicted octanol–water partition coefficient (Wildman–Crippen LogP) is 4.52. The quantitative estimate of drug-likeness (QED) is 0.352. The Bertz CT molecular complexity index is 1540. The van der Waals surface area contributed by atoms with Crippen LogP contribution in [-0.4, -0.2) is 30.1 Å². The number of H-pyrrole nitrogens is 1. The van der Waals surface area contributed by atoms with Crippen LogP contribution in [0.1, 0.15) is 33.6 Å². The summed E-state index contributed by atoms with van der Waals surface area (Å²) in [7, 11) is 0. The van der Waals surface area contributed by atoms with Crippen molar-refractivity contribution in [2.75, 3.05) is 0 Å². The second-order valence-electron chi connectivity index (χ2n) is 9.18. The highest BCUT2D eigenvalue weighted by Gasteiger charge is 2.16. The summed E-state index contributed by atoms with van der Waals surface area (Å²) in [5.74, 6) is 0.384. The van der Waals surface area contributed by atoms with Crippen LogP contribution in [0.15, 0.2) is 77.6 Å². The van der Waals surface area contributed by atoms with Gasteiger partial charge in [0.25, 0.3) is 5.56 Å². The van der Waals surface area contributed by atoms with Crippen LogP contribution < -0.4 is 5.56 Å². The van der Waals surface area contributed by atoms with Crippen LogP contribution in [0.2, 0.25) is 0 Å². The molecule has 7 nitrogen and oxygen atoms in total. The maximum Gasteiger partial charge on any atom is 0.252 e. The molecule has 5 rings (SSSR count). The first kappa shape index (κ1) is 23.6. The van der Waals surface area contributed by atoms with Crippen LogP contribution in [0.5, 0.6) is 0 Å². The Kier molecular flexibility index (Phi) is 6.69. The average Bonchev–Trinajstić information content (AvgIpc) is 3.28. The maximum absolute atomic E-state index is 13.3. The molecule has 1 N–H and O–H groups in total. The molecule has 0 bridgehead atoms. The molecule has 8 heteroatoms. The lowest BCUT2D eigenvalue weighted by Crippen LogP contribution is -2.28. The van der Waals surface area contributed by atoms with Crippen molar-refractivity contribution in [1.29, 1.82) is 0 Å². The number of aryl methyl sites for hydroxylation is 2. The third-order valence-corrected chi connectivity index (χ3v) is 6.25. The van der Waals surface area contributed by atoms with Crippen LogP contribution in [-0.2, 0) is 26.2 Å². The van der Waals surface area contributed by atoms with Crippen molar-refractivity contribution >= 4 is 10.9 Å². The highest BCUT2D eigenvalue weighted by atomic mass is 19.1. The first-order valence-corrected chi connectivity index (χ1v) is 11.8. The lowest BCUT2D eigenvalue weighted by molar-refractivity contribution is 0.236. The van der Waals surface area contributed by atoms with E-state index in [9.17, 15) is 9.18 Å². The molecule has 2 heterocycles. The third-order valence-electron chi connectivity index (χ3n) is 6.25. The number of rotatable bonds is 8. The zero-order valence-corrected chi connectivity index (χ0v) is 20.3. The van der Waals surface area contributed by atoms with E-state index in [4.69, 9.17) is 0 Å². The Labute approximate surface area is 208 Å². The number of hydrogen-bond donors (Lipinski definition) is 1. The van der Waals surface area contributed by atoms with Gasteiger partial charge in [-0.15, -0.1) is 5.10 Å². The van der Waals surface area contributed by atoms with E-state index in [-0.39, 0.29) is 11.4 Å². The molecular formula is C28H27FN6O. The van der Waals surface area contributed by atoms with Crippen molar-refractivity contribution in [3.63, 3.8) is 0 Å². The van der Waals surface area contributed by atoms with Crippen molar-refractivity contribution < 1.29 is 4.39 Å². The van der Waals surface area contributed by atoms with Gasteiger partial charge in [-0.25, -0.2) is 9.07 Å². The minimum absolute atomic E-state index is 0.100. The molecule has 2 aromatic heterocycles. The molecule has 0 saturated carbocycles. The van der Waals surface area contributed by atoms with E-state index in [1.807, 2.05) is 37.3 Å². The summed E-state index contributed by atoms with van der Waals surface area (Å²) < 4.78 is 15.0. The standard InChI is InChI=1S/C28H27FN6O/c1-19-12-20(2)25-14-23(28(36)30-26(25)13-19)17-34(15-21-6-4-3-5-7-21)18-27-31-32-33-35(27)16-22-8-10-24(29)11-9-22/h3-14H,15-18H2,1-2H3,(H,30,36). The summed E-state index contributed by atoms with van der Waals surface area (Å²) in [6.07, 6.45) is 0. The molecular weight excluding hydrogens is 455 g/mol. The number of pyridine rings is 1. The minimum atomic E-state index is -0.282.